The third-order valence-electron chi connectivity index (χ3n) is 4.14. The zero-order valence-corrected chi connectivity index (χ0v) is 12.7. The van der Waals surface area contributed by atoms with E-state index in [2.05, 4.69) is 35.9 Å². The highest BCUT2D eigenvalue weighted by Crippen LogP contribution is 2.14. The van der Waals surface area contributed by atoms with Gasteiger partial charge in [0.15, 0.2) is 0 Å². The zero-order chi connectivity index (χ0) is 13.2. The topological polar surface area (TPSA) is 18.5 Å². The monoisotopic (exact) mass is 255 g/mol. The number of likely N-dealkylation sites (N-methyl/N-ethyl adjacent to an activating group) is 1. The van der Waals surface area contributed by atoms with E-state index in [0.29, 0.717) is 0 Å². The second-order valence-corrected chi connectivity index (χ2v) is 5.42. The van der Waals surface area contributed by atoms with Crippen molar-refractivity contribution in [3.05, 3.63) is 0 Å². The number of rotatable bonds is 10. The van der Waals surface area contributed by atoms with Gasteiger partial charge in [-0.2, -0.15) is 0 Å². The van der Waals surface area contributed by atoms with Crippen LogP contribution >= 0.6 is 0 Å². The van der Waals surface area contributed by atoms with Gasteiger partial charge in [0.25, 0.3) is 0 Å². The average Bonchev–Trinajstić information content (AvgIpc) is 2.84. The molecule has 1 aliphatic heterocycles. The highest BCUT2D eigenvalue weighted by atomic mass is 15.3. The number of nitrogens with one attached hydrogen (secondary N) is 1. The summed E-state index contributed by atoms with van der Waals surface area (Å²) in [6, 6.07) is 0.806. The molecule has 0 aromatic rings. The fourth-order valence-corrected chi connectivity index (χ4v) is 2.92. The van der Waals surface area contributed by atoms with Crippen LogP contribution in [0.15, 0.2) is 0 Å². The molecule has 1 heterocycles. The predicted molar refractivity (Wildman–Crippen MR) is 80.2 cm³/mol. The van der Waals surface area contributed by atoms with Gasteiger partial charge in [-0.3, -0.25) is 4.90 Å². The highest BCUT2D eigenvalue weighted by Gasteiger charge is 2.25. The van der Waals surface area contributed by atoms with E-state index < -0.39 is 0 Å². The van der Waals surface area contributed by atoms with Gasteiger partial charge in [-0.25, -0.2) is 0 Å². The Morgan fingerprint density at radius 2 is 1.89 bits per heavy atom. The Kier molecular flexibility index (Phi) is 8.64. The van der Waals surface area contributed by atoms with Gasteiger partial charge in [0.1, 0.15) is 0 Å². The smallest absolute Gasteiger partial charge is 0.0235 e. The molecule has 0 saturated carbocycles. The lowest BCUT2D eigenvalue weighted by molar-refractivity contribution is 0.211. The Hall–Kier alpha value is -0.120. The summed E-state index contributed by atoms with van der Waals surface area (Å²) >= 11 is 0. The molecule has 3 heteroatoms. The van der Waals surface area contributed by atoms with Gasteiger partial charge < -0.3 is 10.2 Å². The summed E-state index contributed by atoms with van der Waals surface area (Å²) in [5, 5.41) is 3.56. The third-order valence-corrected chi connectivity index (χ3v) is 4.14. The first-order chi connectivity index (χ1) is 8.81. The second-order valence-electron chi connectivity index (χ2n) is 5.42. The molecule has 108 valence electrons. The maximum absolute atomic E-state index is 3.56. The maximum Gasteiger partial charge on any atom is 0.0235 e. The van der Waals surface area contributed by atoms with Gasteiger partial charge in [0.2, 0.25) is 0 Å². The standard InChI is InChI=1S/C15H33N3/c1-4-7-8-10-16-11-13-17-12-9-15(14-17)18(5-2)6-3/h15-16H,4-14H2,1-3H3. The molecule has 0 radical (unpaired) electrons. The fraction of sp³-hybridized carbons (Fsp3) is 1.00. The molecule has 1 fully saturated rings. The van der Waals surface area contributed by atoms with E-state index in [4.69, 9.17) is 0 Å². The summed E-state index contributed by atoms with van der Waals surface area (Å²) in [6.45, 7) is 15.4. The van der Waals surface area contributed by atoms with Crippen LogP contribution in [0.4, 0.5) is 0 Å². The Morgan fingerprint density at radius 3 is 2.56 bits per heavy atom. The van der Waals surface area contributed by atoms with Crippen LogP contribution in [0.2, 0.25) is 0 Å². The number of unbranched alkanes of at least 4 members (excludes halogenated alkanes) is 2. The highest BCUT2D eigenvalue weighted by molar-refractivity contribution is 4.82. The first-order valence-corrected chi connectivity index (χ1v) is 7.98. The first-order valence-electron chi connectivity index (χ1n) is 7.98. The SMILES string of the molecule is CCCCCNCCN1CCC(N(CC)CC)C1. The predicted octanol–water partition coefficient (Wildman–Crippen LogP) is 2.18. The van der Waals surface area contributed by atoms with E-state index in [-0.39, 0.29) is 0 Å². The minimum Gasteiger partial charge on any atom is -0.315 e. The molecule has 0 aromatic heterocycles. The molecule has 1 aliphatic rings. The molecule has 1 unspecified atom stereocenters. The lowest BCUT2D eigenvalue weighted by atomic mass is 10.2. The van der Waals surface area contributed by atoms with Crippen molar-refractivity contribution < 1.29 is 0 Å². The van der Waals surface area contributed by atoms with Crippen LogP contribution in [-0.4, -0.2) is 61.7 Å². The molecule has 1 N–H and O–H groups in total. The largest absolute Gasteiger partial charge is 0.315 e. The van der Waals surface area contributed by atoms with Crippen molar-refractivity contribution >= 4 is 0 Å². The molecule has 0 bridgehead atoms. The molecule has 1 atom stereocenters. The molecule has 0 aromatic carbocycles. The lowest BCUT2D eigenvalue weighted by Crippen LogP contribution is -2.38. The maximum atomic E-state index is 3.56. The fourth-order valence-electron chi connectivity index (χ4n) is 2.92. The molecule has 0 aliphatic carbocycles. The van der Waals surface area contributed by atoms with Gasteiger partial charge in [-0.1, -0.05) is 33.6 Å². The molecule has 1 rings (SSSR count). The molecular formula is C15H33N3. The second kappa shape index (κ2) is 9.76. The Bertz CT molecular complexity index is 192. The van der Waals surface area contributed by atoms with Crippen LogP contribution in [0.5, 0.6) is 0 Å². The van der Waals surface area contributed by atoms with E-state index >= 15 is 0 Å². The first kappa shape index (κ1) is 15.9. The average molecular weight is 255 g/mol. The van der Waals surface area contributed by atoms with Crippen molar-refractivity contribution in [2.75, 3.05) is 45.8 Å². The molecule has 3 nitrogen and oxygen atoms in total. The van der Waals surface area contributed by atoms with Gasteiger partial charge in [0, 0.05) is 25.7 Å². The van der Waals surface area contributed by atoms with E-state index in [0.717, 1.165) is 12.6 Å². The summed E-state index contributed by atoms with van der Waals surface area (Å²) in [6.07, 6.45) is 5.37. The van der Waals surface area contributed by atoms with Crippen LogP contribution in [0, 0.1) is 0 Å². The lowest BCUT2D eigenvalue weighted by Gasteiger charge is -2.26. The Balaban J connectivity index is 2.04. The summed E-state index contributed by atoms with van der Waals surface area (Å²) in [5.41, 5.74) is 0. The van der Waals surface area contributed by atoms with Crippen molar-refractivity contribution in [3.63, 3.8) is 0 Å². The molecule has 0 amide bonds. The summed E-state index contributed by atoms with van der Waals surface area (Å²) < 4.78 is 0. The van der Waals surface area contributed by atoms with Crippen LogP contribution in [0.25, 0.3) is 0 Å². The van der Waals surface area contributed by atoms with E-state index in [1.165, 1.54) is 65.0 Å². The van der Waals surface area contributed by atoms with E-state index in [1.807, 2.05) is 0 Å². The normalized spacial score (nSPS) is 21.0. The number of hydrogen-bond donors (Lipinski definition) is 1. The van der Waals surface area contributed by atoms with Gasteiger partial charge in [0.05, 0.1) is 0 Å². The van der Waals surface area contributed by atoms with Crippen molar-refractivity contribution in [3.8, 4) is 0 Å². The van der Waals surface area contributed by atoms with Gasteiger partial charge in [-0.15, -0.1) is 0 Å². The van der Waals surface area contributed by atoms with E-state index in [1.54, 1.807) is 0 Å². The number of hydrogen-bond acceptors (Lipinski definition) is 3. The van der Waals surface area contributed by atoms with Gasteiger partial charge in [-0.05, 0) is 39.0 Å². The Morgan fingerprint density at radius 1 is 1.11 bits per heavy atom. The molecule has 0 spiro atoms. The minimum atomic E-state index is 0.806. The number of nitrogens with zero attached hydrogens (tertiary/aromatic N) is 2. The van der Waals surface area contributed by atoms with Crippen LogP contribution in [0.3, 0.4) is 0 Å². The van der Waals surface area contributed by atoms with E-state index in [9.17, 15) is 0 Å². The molecule has 1 saturated heterocycles. The van der Waals surface area contributed by atoms with Crippen molar-refractivity contribution in [1.82, 2.24) is 15.1 Å². The van der Waals surface area contributed by atoms with Gasteiger partial charge >= 0.3 is 0 Å². The summed E-state index contributed by atoms with van der Waals surface area (Å²) in [4.78, 5) is 5.23. The summed E-state index contributed by atoms with van der Waals surface area (Å²) in [7, 11) is 0. The van der Waals surface area contributed by atoms with Crippen molar-refractivity contribution in [2.24, 2.45) is 0 Å². The Labute approximate surface area is 114 Å². The molecular weight excluding hydrogens is 222 g/mol. The van der Waals surface area contributed by atoms with Crippen LogP contribution in [0.1, 0.15) is 46.5 Å². The molecule has 18 heavy (non-hydrogen) atoms. The van der Waals surface area contributed by atoms with Crippen LogP contribution in [-0.2, 0) is 0 Å². The summed E-state index contributed by atoms with van der Waals surface area (Å²) in [5.74, 6) is 0. The minimum absolute atomic E-state index is 0.806. The van der Waals surface area contributed by atoms with Crippen molar-refractivity contribution in [1.29, 1.82) is 0 Å². The quantitative estimate of drug-likeness (QED) is 0.604. The van der Waals surface area contributed by atoms with Crippen molar-refractivity contribution in [2.45, 2.75) is 52.5 Å². The zero-order valence-electron chi connectivity index (χ0n) is 12.7. The van der Waals surface area contributed by atoms with Crippen LogP contribution < -0.4 is 5.32 Å². The number of likely N-dealkylation sites (tertiary alicyclic amines) is 1. The third kappa shape index (κ3) is 5.68.